The summed E-state index contributed by atoms with van der Waals surface area (Å²) in [5.41, 5.74) is 1.09. The minimum atomic E-state index is -0.528. The number of hydrogen-bond acceptors (Lipinski definition) is 3. The van der Waals surface area contributed by atoms with Crippen LogP contribution in [0.15, 0.2) is 12.3 Å². The molecular formula is C14H19FN2O2. The Morgan fingerprint density at radius 2 is 2.21 bits per heavy atom. The van der Waals surface area contributed by atoms with Crippen molar-refractivity contribution in [2.45, 2.75) is 51.7 Å². The van der Waals surface area contributed by atoms with E-state index >= 15 is 0 Å². The van der Waals surface area contributed by atoms with Crippen LogP contribution in [0.2, 0.25) is 0 Å². The molecule has 19 heavy (non-hydrogen) atoms. The number of halogens is 1. The zero-order valence-corrected chi connectivity index (χ0v) is 11.5. The lowest BCUT2D eigenvalue weighted by molar-refractivity contribution is 0.0523. The van der Waals surface area contributed by atoms with E-state index in [1.807, 2.05) is 0 Å². The second-order valence-corrected chi connectivity index (χ2v) is 5.82. The molecule has 0 unspecified atom stereocenters. The number of carbonyl (C=O) groups excluding carboxylic acids is 1. The Bertz CT molecular complexity index is 479. The van der Waals surface area contributed by atoms with E-state index < -0.39 is 11.7 Å². The van der Waals surface area contributed by atoms with Gasteiger partial charge in [0, 0.05) is 0 Å². The monoisotopic (exact) mass is 266 g/mol. The molecular weight excluding hydrogens is 247 g/mol. The van der Waals surface area contributed by atoms with Gasteiger partial charge in [-0.25, -0.2) is 9.18 Å². The second-order valence-electron chi connectivity index (χ2n) is 5.82. The third-order valence-electron chi connectivity index (χ3n) is 2.79. The number of nitrogens with zero attached hydrogens (tertiary/aromatic N) is 1. The molecule has 0 aromatic carbocycles. The van der Waals surface area contributed by atoms with E-state index in [1.54, 1.807) is 20.8 Å². The molecule has 1 amide bonds. The zero-order chi connectivity index (χ0) is 14.0. The van der Waals surface area contributed by atoms with Crippen LogP contribution in [0.4, 0.5) is 9.18 Å². The van der Waals surface area contributed by atoms with Crippen molar-refractivity contribution >= 4 is 6.09 Å². The molecule has 104 valence electrons. The van der Waals surface area contributed by atoms with Crippen molar-refractivity contribution in [2.24, 2.45) is 0 Å². The summed E-state index contributed by atoms with van der Waals surface area (Å²) < 4.78 is 18.3. The Hall–Kier alpha value is -1.65. The number of aromatic nitrogens is 1. The largest absolute Gasteiger partial charge is 0.444 e. The number of rotatable bonds is 3. The summed E-state index contributed by atoms with van der Waals surface area (Å²) in [7, 11) is 0. The van der Waals surface area contributed by atoms with Crippen molar-refractivity contribution in [1.29, 1.82) is 0 Å². The first kappa shape index (κ1) is 13.8. The molecule has 1 aliphatic rings. The lowest BCUT2D eigenvalue weighted by atomic mass is 10.1. The highest BCUT2D eigenvalue weighted by Gasteiger charge is 2.27. The van der Waals surface area contributed by atoms with Gasteiger partial charge in [-0.3, -0.25) is 4.98 Å². The van der Waals surface area contributed by atoms with Crippen LogP contribution in [0.25, 0.3) is 0 Å². The lowest BCUT2D eigenvalue weighted by Gasteiger charge is -2.19. The van der Waals surface area contributed by atoms with Gasteiger partial charge in [0.15, 0.2) is 0 Å². The van der Waals surface area contributed by atoms with E-state index in [1.165, 1.54) is 12.3 Å². The summed E-state index contributed by atoms with van der Waals surface area (Å²) >= 11 is 0. The van der Waals surface area contributed by atoms with Gasteiger partial charge in [0.25, 0.3) is 0 Å². The number of carbonyl (C=O) groups is 1. The minimum Gasteiger partial charge on any atom is -0.444 e. The van der Waals surface area contributed by atoms with Crippen LogP contribution < -0.4 is 5.32 Å². The van der Waals surface area contributed by atoms with Crippen LogP contribution in [-0.2, 0) is 11.3 Å². The number of ether oxygens (including phenoxy) is 1. The Labute approximate surface area is 112 Å². The van der Waals surface area contributed by atoms with Crippen molar-refractivity contribution in [2.75, 3.05) is 0 Å². The second kappa shape index (κ2) is 5.15. The molecule has 0 bridgehead atoms. The average molecular weight is 266 g/mol. The van der Waals surface area contributed by atoms with Crippen LogP contribution >= 0.6 is 0 Å². The zero-order valence-electron chi connectivity index (χ0n) is 11.5. The fourth-order valence-electron chi connectivity index (χ4n) is 1.85. The Kier molecular flexibility index (Phi) is 3.73. The Balaban J connectivity index is 1.98. The molecule has 0 aliphatic heterocycles. The summed E-state index contributed by atoms with van der Waals surface area (Å²) in [6, 6.07) is 1.51. The summed E-state index contributed by atoms with van der Waals surface area (Å²) in [6.45, 7) is 5.68. The number of pyridine rings is 1. The van der Waals surface area contributed by atoms with E-state index in [0.29, 0.717) is 5.92 Å². The van der Waals surface area contributed by atoms with Crippen molar-refractivity contribution in [3.05, 3.63) is 29.3 Å². The molecule has 1 saturated carbocycles. The Morgan fingerprint density at radius 3 is 2.79 bits per heavy atom. The van der Waals surface area contributed by atoms with Crippen molar-refractivity contribution in [3.8, 4) is 0 Å². The molecule has 1 N–H and O–H groups in total. The maximum absolute atomic E-state index is 13.2. The summed E-state index contributed by atoms with van der Waals surface area (Å²) in [5, 5.41) is 2.65. The third kappa shape index (κ3) is 4.19. The first-order chi connectivity index (χ1) is 8.85. The maximum Gasteiger partial charge on any atom is 0.407 e. The van der Waals surface area contributed by atoms with E-state index in [9.17, 15) is 9.18 Å². The molecule has 5 heteroatoms. The van der Waals surface area contributed by atoms with Crippen molar-refractivity contribution in [1.82, 2.24) is 10.3 Å². The van der Waals surface area contributed by atoms with Gasteiger partial charge in [0.1, 0.15) is 11.4 Å². The van der Waals surface area contributed by atoms with Gasteiger partial charge >= 0.3 is 6.09 Å². The van der Waals surface area contributed by atoms with Gasteiger partial charge in [-0.05, 0) is 51.2 Å². The molecule has 1 aromatic heterocycles. The molecule has 0 radical (unpaired) electrons. The normalized spacial score (nSPS) is 15.2. The average Bonchev–Trinajstić information content (AvgIpc) is 3.08. The number of nitrogens with one attached hydrogen (secondary N) is 1. The lowest BCUT2D eigenvalue weighted by Crippen LogP contribution is -2.32. The first-order valence-corrected chi connectivity index (χ1v) is 6.46. The molecule has 0 atom stereocenters. The van der Waals surface area contributed by atoms with E-state index in [0.717, 1.165) is 24.1 Å². The predicted molar refractivity (Wildman–Crippen MR) is 69.2 cm³/mol. The van der Waals surface area contributed by atoms with Gasteiger partial charge in [-0.2, -0.15) is 0 Å². The molecule has 1 heterocycles. The summed E-state index contributed by atoms with van der Waals surface area (Å²) in [4.78, 5) is 15.6. The molecule has 4 nitrogen and oxygen atoms in total. The SMILES string of the molecule is CC(C)(C)OC(=O)NCc1ncc(F)cc1C1CC1. The van der Waals surface area contributed by atoms with Gasteiger partial charge in [0.2, 0.25) is 0 Å². The fourth-order valence-corrected chi connectivity index (χ4v) is 1.85. The molecule has 1 aliphatic carbocycles. The number of hydrogen-bond donors (Lipinski definition) is 1. The highest BCUT2D eigenvalue weighted by atomic mass is 19.1. The van der Waals surface area contributed by atoms with Crippen LogP contribution in [0, 0.1) is 5.82 Å². The number of alkyl carbamates (subject to hydrolysis) is 1. The van der Waals surface area contributed by atoms with Crippen LogP contribution in [-0.4, -0.2) is 16.7 Å². The standard InChI is InChI=1S/C14H19FN2O2/c1-14(2,3)19-13(18)17-8-12-11(9-4-5-9)6-10(15)7-16-12/h6-7,9H,4-5,8H2,1-3H3,(H,17,18). The molecule has 2 rings (SSSR count). The fraction of sp³-hybridized carbons (Fsp3) is 0.571. The van der Waals surface area contributed by atoms with Gasteiger partial charge in [-0.15, -0.1) is 0 Å². The summed E-state index contributed by atoms with van der Waals surface area (Å²) in [6.07, 6.45) is 2.81. The van der Waals surface area contributed by atoms with E-state index in [-0.39, 0.29) is 12.4 Å². The minimum absolute atomic E-state index is 0.265. The molecule has 0 saturated heterocycles. The van der Waals surface area contributed by atoms with E-state index in [2.05, 4.69) is 10.3 Å². The van der Waals surface area contributed by atoms with Gasteiger partial charge < -0.3 is 10.1 Å². The topological polar surface area (TPSA) is 51.2 Å². The molecule has 1 fully saturated rings. The molecule has 1 aromatic rings. The number of amides is 1. The van der Waals surface area contributed by atoms with Crippen molar-refractivity contribution in [3.63, 3.8) is 0 Å². The van der Waals surface area contributed by atoms with Crippen LogP contribution in [0.5, 0.6) is 0 Å². The van der Waals surface area contributed by atoms with E-state index in [4.69, 9.17) is 4.74 Å². The molecule has 0 spiro atoms. The van der Waals surface area contributed by atoms with Gasteiger partial charge in [-0.1, -0.05) is 0 Å². The predicted octanol–water partition coefficient (Wildman–Crippen LogP) is 3.12. The quantitative estimate of drug-likeness (QED) is 0.914. The van der Waals surface area contributed by atoms with Gasteiger partial charge in [0.05, 0.1) is 18.4 Å². The summed E-state index contributed by atoms with van der Waals surface area (Å²) in [5.74, 6) is 0.0570. The maximum atomic E-state index is 13.2. The van der Waals surface area contributed by atoms with Crippen LogP contribution in [0.1, 0.15) is 50.8 Å². The third-order valence-corrected chi connectivity index (χ3v) is 2.79. The smallest absolute Gasteiger partial charge is 0.407 e. The first-order valence-electron chi connectivity index (χ1n) is 6.46. The van der Waals surface area contributed by atoms with Crippen LogP contribution in [0.3, 0.4) is 0 Å². The van der Waals surface area contributed by atoms with Crippen molar-refractivity contribution < 1.29 is 13.9 Å². The Morgan fingerprint density at radius 1 is 1.53 bits per heavy atom. The highest BCUT2D eigenvalue weighted by molar-refractivity contribution is 5.67. The highest BCUT2D eigenvalue weighted by Crippen LogP contribution is 2.41.